The maximum atomic E-state index is 6.46. The molecule has 0 spiro atoms. The second-order valence-electron chi connectivity index (χ2n) is 11.3. The van der Waals surface area contributed by atoms with Crippen LogP contribution in [-0.2, 0) is 9.47 Å². The fourth-order valence-electron chi connectivity index (χ4n) is 6.61. The second-order valence-corrected chi connectivity index (χ2v) is 11.3. The smallest absolute Gasteiger partial charge is 0.139 e. The zero-order valence-electron chi connectivity index (χ0n) is 20.9. The largest absolute Gasteiger partial charge is 0.381 e. The predicted molar refractivity (Wildman–Crippen MR) is 128 cm³/mol. The van der Waals surface area contributed by atoms with E-state index in [9.17, 15) is 0 Å². The van der Waals surface area contributed by atoms with Crippen molar-refractivity contribution in [2.45, 2.75) is 103 Å². The first-order valence-corrected chi connectivity index (χ1v) is 13.5. The van der Waals surface area contributed by atoms with Gasteiger partial charge in [-0.1, -0.05) is 25.5 Å². The van der Waals surface area contributed by atoms with Gasteiger partial charge in [0.1, 0.15) is 18.6 Å². The van der Waals surface area contributed by atoms with Crippen LogP contribution in [-0.4, -0.2) is 44.9 Å². The molecule has 4 aliphatic rings. The van der Waals surface area contributed by atoms with E-state index >= 15 is 0 Å². The third-order valence-electron chi connectivity index (χ3n) is 8.80. The zero-order chi connectivity index (χ0) is 22.5. The monoisotopic (exact) mass is 449 g/mol. The van der Waals surface area contributed by atoms with Gasteiger partial charge in [0.15, 0.2) is 0 Å². The Hall–Kier alpha value is -0.500. The van der Waals surface area contributed by atoms with E-state index in [0.29, 0.717) is 35.9 Å². The average molecular weight is 450 g/mol. The molecule has 32 heavy (non-hydrogen) atoms. The summed E-state index contributed by atoms with van der Waals surface area (Å²) in [5.41, 5.74) is 8.51. The van der Waals surface area contributed by atoms with E-state index in [4.69, 9.17) is 9.47 Å². The lowest BCUT2D eigenvalue weighted by Crippen LogP contribution is -2.94. The molecule has 0 radical (unpaired) electrons. The van der Waals surface area contributed by atoms with Gasteiger partial charge < -0.3 is 14.8 Å². The summed E-state index contributed by atoms with van der Waals surface area (Å²) < 4.78 is 12.0. The third kappa shape index (κ3) is 6.34. The first-order valence-electron chi connectivity index (χ1n) is 13.5. The van der Waals surface area contributed by atoms with Crippen LogP contribution in [0.25, 0.3) is 0 Å². The molecule has 6 heteroatoms. The number of quaternary nitrogens is 1. The summed E-state index contributed by atoms with van der Waals surface area (Å²) in [4.78, 5) is 0. The van der Waals surface area contributed by atoms with Crippen molar-refractivity contribution >= 4 is 0 Å². The van der Waals surface area contributed by atoms with Crippen LogP contribution in [0, 0.1) is 29.6 Å². The molecule has 2 heterocycles. The molecule has 0 aromatic rings. The van der Waals surface area contributed by atoms with Gasteiger partial charge in [0.2, 0.25) is 0 Å². The molecule has 184 valence electrons. The number of hydrogen-bond donors (Lipinski definition) is 4. The molecule has 2 aliphatic carbocycles. The Morgan fingerprint density at radius 3 is 2.66 bits per heavy atom. The molecule has 0 amide bonds. The normalized spacial score (nSPS) is 41.1. The lowest BCUT2D eigenvalue weighted by molar-refractivity contribution is -0.702. The number of hydrogen-bond acceptors (Lipinski definition) is 5. The minimum atomic E-state index is 0.118. The maximum Gasteiger partial charge on any atom is 0.139 e. The van der Waals surface area contributed by atoms with E-state index < -0.39 is 0 Å². The van der Waals surface area contributed by atoms with Crippen molar-refractivity contribution in [1.82, 2.24) is 16.2 Å². The van der Waals surface area contributed by atoms with Crippen molar-refractivity contribution in [1.29, 1.82) is 0 Å². The number of allylic oxidation sites excluding steroid dienone is 1. The van der Waals surface area contributed by atoms with Gasteiger partial charge in [-0.2, -0.15) is 0 Å². The molecule has 0 aromatic carbocycles. The number of nitrogens with one attached hydrogen (secondary N) is 3. The minimum Gasteiger partial charge on any atom is -0.381 e. The van der Waals surface area contributed by atoms with Crippen LogP contribution in [0.4, 0.5) is 0 Å². The van der Waals surface area contributed by atoms with E-state index in [2.05, 4.69) is 48.3 Å². The summed E-state index contributed by atoms with van der Waals surface area (Å²) in [5, 5.41) is 6.38. The van der Waals surface area contributed by atoms with Crippen molar-refractivity contribution in [3.05, 3.63) is 11.6 Å². The van der Waals surface area contributed by atoms with E-state index in [-0.39, 0.29) is 12.5 Å². The third-order valence-corrected chi connectivity index (χ3v) is 8.80. The Kier molecular flexibility index (Phi) is 9.05. The standard InChI is InChI=1S/C26H48N4O2/c1-17(2)23-14-20(18(3)13-21(23)16-28-24-7-5-6-12-27-24)15-25-29-30-26(32-25)19-8-10-22(31-4)11-9-19/h13,17,19-30H,5-12,14-16H2,1-4H3/p+1. The number of nitrogens with two attached hydrogens (primary N) is 1. The maximum absolute atomic E-state index is 6.46. The Balaban J connectivity index is 1.28. The fraction of sp³-hybridized carbons (Fsp3) is 0.923. The van der Waals surface area contributed by atoms with Gasteiger partial charge >= 0.3 is 0 Å². The quantitative estimate of drug-likeness (QED) is 0.429. The van der Waals surface area contributed by atoms with Crippen LogP contribution in [0.2, 0.25) is 0 Å². The molecule has 2 saturated heterocycles. The van der Waals surface area contributed by atoms with Crippen molar-refractivity contribution < 1.29 is 14.8 Å². The summed E-state index contributed by atoms with van der Waals surface area (Å²) in [7, 11) is 1.84. The Labute approximate surface area is 196 Å². The molecule has 6 unspecified atom stereocenters. The highest BCUT2D eigenvalue weighted by Crippen LogP contribution is 2.40. The molecule has 4 rings (SSSR count). The highest BCUT2D eigenvalue weighted by Gasteiger charge is 2.37. The van der Waals surface area contributed by atoms with E-state index in [1.165, 1.54) is 45.1 Å². The lowest BCUT2D eigenvalue weighted by atomic mass is 9.69. The summed E-state index contributed by atoms with van der Waals surface area (Å²) in [5.74, 6) is 3.32. The highest BCUT2D eigenvalue weighted by molar-refractivity contribution is 5.13. The SMILES string of the molecule is COC1CCC(C2NNC(CC3CC(C(C)C)C(CNC4CCCC[NH2+]4)C=C3C)O2)CC1. The molecular formula is C26H49N4O2+. The zero-order valence-corrected chi connectivity index (χ0v) is 20.9. The van der Waals surface area contributed by atoms with Crippen molar-refractivity contribution in [2.24, 2.45) is 29.6 Å². The lowest BCUT2D eigenvalue weighted by Gasteiger charge is -2.38. The minimum absolute atomic E-state index is 0.118. The molecule has 1 saturated carbocycles. The van der Waals surface area contributed by atoms with Crippen LogP contribution in [0.3, 0.4) is 0 Å². The van der Waals surface area contributed by atoms with Gasteiger partial charge in [0.25, 0.3) is 0 Å². The van der Waals surface area contributed by atoms with Crippen molar-refractivity contribution in [2.75, 3.05) is 20.2 Å². The first kappa shape index (κ1) is 24.6. The first-order chi connectivity index (χ1) is 15.5. The van der Waals surface area contributed by atoms with E-state index in [1.54, 1.807) is 5.57 Å². The van der Waals surface area contributed by atoms with Gasteiger partial charge in [-0.25, -0.2) is 10.9 Å². The number of methoxy groups -OCH3 is 1. The van der Waals surface area contributed by atoms with Gasteiger partial charge in [0.05, 0.1) is 12.6 Å². The molecule has 3 fully saturated rings. The number of rotatable bonds is 8. The summed E-state index contributed by atoms with van der Waals surface area (Å²) >= 11 is 0. The van der Waals surface area contributed by atoms with Crippen LogP contribution in [0.1, 0.15) is 78.6 Å². The predicted octanol–water partition coefficient (Wildman–Crippen LogP) is 2.88. The Morgan fingerprint density at radius 2 is 1.97 bits per heavy atom. The van der Waals surface area contributed by atoms with Gasteiger partial charge in [-0.3, -0.25) is 5.32 Å². The molecule has 5 N–H and O–H groups in total. The fourth-order valence-corrected chi connectivity index (χ4v) is 6.61. The van der Waals surface area contributed by atoms with Crippen molar-refractivity contribution in [3.8, 4) is 0 Å². The van der Waals surface area contributed by atoms with Crippen LogP contribution < -0.4 is 21.5 Å². The van der Waals surface area contributed by atoms with Gasteiger partial charge in [-0.05, 0) is 87.9 Å². The second kappa shape index (κ2) is 11.8. The topological polar surface area (TPSA) is 71.2 Å². The summed E-state index contributed by atoms with van der Waals surface area (Å²) in [6.45, 7) is 9.58. The van der Waals surface area contributed by atoms with Crippen LogP contribution in [0.5, 0.6) is 0 Å². The molecule has 0 aromatic heterocycles. The number of hydrazine groups is 1. The highest BCUT2D eigenvalue weighted by atomic mass is 16.5. The van der Waals surface area contributed by atoms with E-state index in [0.717, 1.165) is 31.7 Å². The molecule has 0 bridgehead atoms. The van der Waals surface area contributed by atoms with Crippen LogP contribution in [0.15, 0.2) is 11.6 Å². The number of piperidine rings is 1. The van der Waals surface area contributed by atoms with E-state index in [1.807, 2.05) is 7.11 Å². The van der Waals surface area contributed by atoms with Crippen LogP contribution >= 0.6 is 0 Å². The average Bonchev–Trinajstić information content (AvgIpc) is 3.28. The summed E-state index contributed by atoms with van der Waals surface area (Å²) in [6.07, 6.45) is 15.0. The molecule has 2 aliphatic heterocycles. The Morgan fingerprint density at radius 1 is 1.16 bits per heavy atom. The number of ether oxygens (including phenoxy) is 2. The van der Waals surface area contributed by atoms with Gasteiger partial charge in [0, 0.05) is 20.1 Å². The molecule has 6 nitrogen and oxygen atoms in total. The summed E-state index contributed by atoms with van der Waals surface area (Å²) in [6, 6.07) is 0. The molecule has 6 atom stereocenters. The Bertz CT molecular complexity index is 599. The van der Waals surface area contributed by atoms with Crippen molar-refractivity contribution in [3.63, 3.8) is 0 Å². The molecular weight excluding hydrogens is 400 g/mol. The van der Waals surface area contributed by atoms with Gasteiger partial charge in [-0.15, -0.1) is 0 Å².